The minimum Gasteiger partial charge on any atom is -0.457 e. The highest BCUT2D eigenvalue weighted by Gasteiger charge is 2.36. The average Bonchev–Trinajstić information content (AvgIpc) is 3.43. The Bertz CT molecular complexity index is 1980. The molecule has 47 heavy (non-hydrogen) atoms. The SMILES string of the molecule is Cc1cc(Oc2ccccc2)ccc1N1C(=O)Nc2c(C(=O)NC3CCCN(C(=O)/C(C#N)=C/C4(C)COC4)C3)sc3nccc1c23. The number of thiophene rings is 1. The van der Waals surface area contributed by atoms with Gasteiger partial charge in [-0.15, -0.1) is 11.3 Å². The van der Waals surface area contributed by atoms with Crippen LogP contribution in [-0.4, -0.2) is 60.1 Å². The third-order valence-corrected chi connectivity index (χ3v) is 9.69. The van der Waals surface area contributed by atoms with Crippen molar-refractivity contribution in [1.29, 1.82) is 5.26 Å². The maximum absolute atomic E-state index is 13.7. The van der Waals surface area contributed by atoms with Crippen molar-refractivity contribution in [3.8, 4) is 17.6 Å². The second-order valence-corrected chi connectivity index (χ2v) is 13.3. The molecule has 238 valence electrons. The number of benzene rings is 2. The number of urea groups is 1. The van der Waals surface area contributed by atoms with Crippen molar-refractivity contribution >= 4 is 56.5 Å². The van der Waals surface area contributed by atoms with E-state index in [0.29, 0.717) is 76.3 Å². The van der Waals surface area contributed by atoms with Gasteiger partial charge in [0.2, 0.25) is 0 Å². The van der Waals surface area contributed by atoms with E-state index in [0.717, 1.165) is 5.56 Å². The molecule has 2 aromatic carbocycles. The van der Waals surface area contributed by atoms with Crippen molar-refractivity contribution in [2.75, 3.05) is 36.5 Å². The molecule has 1 unspecified atom stereocenters. The molecule has 1 atom stereocenters. The lowest BCUT2D eigenvalue weighted by molar-refractivity contribution is -0.128. The van der Waals surface area contributed by atoms with Gasteiger partial charge in [-0.1, -0.05) is 31.2 Å². The molecular weight excluding hydrogens is 616 g/mol. The van der Waals surface area contributed by atoms with E-state index >= 15 is 0 Å². The number of aryl methyl sites for hydroxylation is 1. The number of para-hydroxylation sites is 1. The number of hydrogen-bond donors (Lipinski definition) is 2. The Labute approximate surface area is 275 Å². The molecular formula is C35H32N6O5S. The molecule has 3 aliphatic rings. The van der Waals surface area contributed by atoms with Crippen LogP contribution >= 0.6 is 11.3 Å². The monoisotopic (exact) mass is 648 g/mol. The Balaban J connectivity index is 1.11. The first kappa shape index (κ1) is 30.4. The lowest BCUT2D eigenvalue weighted by atomic mass is 9.86. The van der Waals surface area contributed by atoms with Gasteiger partial charge in [0.25, 0.3) is 11.8 Å². The fraction of sp³-hybridized carbons (Fsp3) is 0.286. The van der Waals surface area contributed by atoms with Crippen LogP contribution in [0.1, 0.15) is 35.0 Å². The highest BCUT2D eigenvalue weighted by atomic mass is 32.1. The molecule has 0 aliphatic carbocycles. The molecule has 4 aromatic rings. The fourth-order valence-corrected chi connectivity index (χ4v) is 7.27. The van der Waals surface area contributed by atoms with Crippen LogP contribution in [-0.2, 0) is 9.53 Å². The Kier molecular flexibility index (Phi) is 7.87. The predicted molar refractivity (Wildman–Crippen MR) is 178 cm³/mol. The molecule has 0 radical (unpaired) electrons. The molecule has 12 heteroatoms. The summed E-state index contributed by atoms with van der Waals surface area (Å²) in [6, 6.07) is 18.1. The van der Waals surface area contributed by atoms with E-state index in [4.69, 9.17) is 9.47 Å². The van der Waals surface area contributed by atoms with Crippen LogP contribution in [0, 0.1) is 23.7 Å². The number of hydrogen-bond acceptors (Lipinski definition) is 8. The van der Waals surface area contributed by atoms with Gasteiger partial charge in [0.15, 0.2) is 0 Å². The zero-order chi connectivity index (χ0) is 32.7. The van der Waals surface area contributed by atoms with E-state index in [1.807, 2.05) is 62.4 Å². The van der Waals surface area contributed by atoms with E-state index in [2.05, 4.69) is 21.7 Å². The molecule has 2 saturated heterocycles. The molecule has 4 amide bonds. The number of amides is 4. The number of likely N-dealkylation sites (tertiary alicyclic amines) is 1. The first-order chi connectivity index (χ1) is 22.7. The molecule has 5 heterocycles. The van der Waals surface area contributed by atoms with Crippen molar-refractivity contribution in [2.45, 2.75) is 32.7 Å². The van der Waals surface area contributed by atoms with Gasteiger partial charge in [-0.05, 0) is 61.7 Å². The summed E-state index contributed by atoms with van der Waals surface area (Å²) < 4.78 is 11.2. The summed E-state index contributed by atoms with van der Waals surface area (Å²) in [5, 5.41) is 16.4. The Hall–Kier alpha value is -5.25. The van der Waals surface area contributed by atoms with Gasteiger partial charge < -0.3 is 25.0 Å². The first-order valence-electron chi connectivity index (χ1n) is 15.4. The van der Waals surface area contributed by atoms with E-state index in [1.165, 1.54) is 11.3 Å². The second-order valence-electron chi connectivity index (χ2n) is 12.3. The molecule has 0 saturated carbocycles. The average molecular weight is 649 g/mol. The van der Waals surface area contributed by atoms with Gasteiger partial charge in [-0.25, -0.2) is 9.78 Å². The quantitative estimate of drug-likeness (QED) is 0.178. The normalized spacial score (nSPS) is 18.6. The van der Waals surface area contributed by atoms with Crippen molar-refractivity contribution in [3.05, 3.63) is 82.9 Å². The van der Waals surface area contributed by atoms with Crippen molar-refractivity contribution < 1.29 is 23.9 Å². The minimum atomic E-state index is -0.395. The van der Waals surface area contributed by atoms with E-state index < -0.39 is 6.03 Å². The van der Waals surface area contributed by atoms with Crippen molar-refractivity contribution in [1.82, 2.24) is 15.2 Å². The zero-order valence-corrected chi connectivity index (χ0v) is 26.7. The number of rotatable bonds is 7. The number of carbonyl (C=O) groups is 3. The van der Waals surface area contributed by atoms with Gasteiger partial charge in [0.05, 0.1) is 35.7 Å². The van der Waals surface area contributed by atoms with E-state index in [9.17, 15) is 19.6 Å². The standard InChI is InChI=1S/C35H32N6O5S/c1-21-15-25(46-24-8-4-3-5-9-24)10-11-26(21)41-27-12-13-37-32-28(27)29(39-34(41)44)30(47-32)31(42)38-23-7-6-14-40(18-23)33(43)22(17-36)16-35(2)19-45-20-35/h3-5,8-13,15-16,23H,6-7,14,18-20H2,1-2H3,(H,38,42)(H,39,44)/b22-16+. The van der Waals surface area contributed by atoms with Gasteiger partial charge in [0.1, 0.15) is 32.8 Å². The Morgan fingerprint density at radius 2 is 1.98 bits per heavy atom. The minimum absolute atomic E-state index is 0.0937. The number of anilines is 3. The largest absolute Gasteiger partial charge is 0.457 e. The number of nitrogens with one attached hydrogen (secondary N) is 2. The molecule has 0 spiro atoms. The van der Waals surface area contributed by atoms with Gasteiger partial charge in [0, 0.05) is 30.7 Å². The molecule has 7 rings (SSSR count). The number of nitriles is 1. The smallest absolute Gasteiger partial charge is 0.331 e. The molecule has 2 fully saturated rings. The van der Waals surface area contributed by atoms with Crippen LogP contribution in [0.3, 0.4) is 0 Å². The number of piperidine rings is 1. The lowest BCUT2D eigenvalue weighted by Gasteiger charge is -2.36. The summed E-state index contributed by atoms with van der Waals surface area (Å²) >= 11 is 1.21. The molecule has 2 N–H and O–H groups in total. The summed E-state index contributed by atoms with van der Waals surface area (Å²) in [5.41, 5.74) is 2.32. The van der Waals surface area contributed by atoms with Gasteiger partial charge in [-0.2, -0.15) is 5.26 Å². The molecule has 3 aliphatic heterocycles. The summed E-state index contributed by atoms with van der Waals surface area (Å²) in [6.45, 7) is 5.60. The Morgan fingerprint density at radius 1 is 1.17 bits per heavy atom. The van der Waals surface area contributed by atoms with Crippen LogP contribution in [0.4, 0.5) is 21.9 Å². The topological polar surface area (TPSA) is 137 Å². The molecule has 2 aromatic heterocycles. The summed E-state index contributed by atoms with van der Waals surface area (Å²) in [5.74, 6) is 0.670. The zero-order valence-electron chi connectivity index (χ0n) is 25.9. The third-order valence-electron chi connectivity index (χ3n) is 8.59. The van der Waals surface area contributed by atoms with Crippen LogP contribution in [0.5, 0.6) is 11.5 Å². The number of pyridine rings is 1. The summed E-state index contributed by atoms with van der Waals surface area (Å²) in [7, 11) is 0. The van der Waals surface area contributed by atoms with Gasteiger partial charge >= 0.3 is 6.03 Å². The van der Waals surface area contributed by atoms with Crippen molar-refractivity contribution in [2.24, 2.45) is 5.41 Å². The second kappa shape index (κ2) is 12.2. The van der Waals surface area contributed by atoms with Crippen LogP contribution in [0.15, 0.2) is 72.4 Å². The maximum Gasteiger partial charge on any atom is 0.331 e. The fourth-order valence-electron chi connectivity index (χ4n) is 6.25. The van der Waals surface area contributed by atoms with Crippen LogP contribution < -0.4 is 20.3 Å². The van der Waals surface area contributed by atoms with Crippen LogP contribution in [0.2, 0.25) is 0 Å². The lowest BCUT2D eigenvalue weighted by Crippen LogP contribution is -2.50. The number of carbonyl (C=O) groups excluding carboxylic acids is 3. The highest BCUT2D eigenvalue weighted by Crippen LogP contribution is 2.46. The first-order valence-corrected chi connectivity index (χ1v) is 16.2. The van der Waals surface area contributed by atoms with Crippen molar-refractivity contribution in [3.63, 3.8) is 0 Å². The highest BCUT2D eigenvalue weighted by molar-refractivity contribution is 7.21. The van der Waals surface area contributed by atoms with E-state index in [-0.39, 0.29) is 35.4 Å². The maximum atomic E-state index is 13.7. The summed E-state index contributed by atoms with van der Waals surface area (Å²) in [6.07, 6.45) is 4.70. The molecule has 11 nitrogen and oxygen atoms in total. The van der Waals surface area contributed by atoms with E-state index in [1.54, 1.807) is 28.1 Å². The number of nitrogens with zero attached hydrogens (tertiary/aromatic N) is 4. The van der Waals surface area contributed by atoms with Gasteiger partial charge in [-0.3, -0.25) is 14.5 Å². The Morgan fingerprint density at radius 3 is 2.70 bits per heavy atom. The van der Waals surface area contributed by atoms with Crippen LogP contribution in [0.25, 0.3) is 10.2 Å². The summed E-state index contributed by atoms with van der Waals surface area (Å²) in [4.78, 5) is 49.3. The molecule has 0 bridgehead atoms. The third kappa shape index (κ3) is 5.80. The number of ether oxygens (including phenoxy) is 2. The predicted octanol–water partition coefficient (Wildman–Crippen LogP) is 6.29. The number of aromatic nitrogens is 1.